The third kappa shape index (κ3) is 2.84. The Kier molecular flexibility index (Phi) is 3.08. The SMILES string of the molecule is Nc1ncc(OCc2ccc(Cl)cc2)s1. The van der Waals surface area contributed by atoms with Gasteiger partial charge >= 0.3 is 0 Å². The topological polar surface area (TPSA) is 48.1 Å². The van der Waals surface area contributed by atoms with Crippen molar-refractivity contribution in [3.8, 4) is 5.06 Å². The zero-order valence-corrected chi connectivity index (χ0v) is 9.39. The van der Waals surface area contributed by atoms with Crippen molar-refractivity contribution in [2.45, 2.75) is 6.61 Å². The summed E-state index contributed by atoms with van der Waals surface area (Å²) >= 11 is 7.10. The number of ether oxygens (including phenoxy) is 1. The molecule has 2 aromatic rings. The lowest BCUT2D eigenvalue weighted by atomic mass is 10.2. The first-order valence-electron chi connectivity index (χ1n) is 4.32. The van der Waals surface area contributed by atoms with Crippen molar-refractivity contribution in [3.05, 3.63) is 41.0 Å². The van der Waals surface area contributed by atoms with E-state index in [4.69, 9.17) is 22.1 Å². The summed E-state index contributed by atoms with van der Waals surface area (Å²) in [5, 5.41) is 1.96. The third-order valence-electron chi connectivity index (χ3n) is 1.80. The lowest BCUT2D eigenvalue weighted by Gasteiger charge is -2.02. The van der Waals surface area contributed by atoms with Crippen molar-refractivity contribution in [1.82, 2.24) is 4.98 Å². The minimum atomic E-state index is 0.499. The molecule has 2 N–H and O–H groups in total. The summed E-state index contributed by atoms with van der Waals surface area (Å²) in [5.41, 5.74) is 6.54. The first-order valence-corrected chi connectivity index (χ1v) is 5.52. The Labute approximate surface area is 96.5 Å². The minimum absolute atomic E-state index is 0.499. The van der Waals surface area contributed by atoms with E-state index in [0.717, 1.165) is 15.6 Å². The first-order chi connectivity index (χ1) is 7.24. The number of aromatic nitrogens is 1. The second-order valence-electron chi connectivity index (χ2n) is 2.93. The van der Waals surface area contributed by atoms with Crippen LogP contribution in [0.1, 0.15) is 5.56 Å². The number of hydrogen-bond acceptors (Lipinski definition) is 4. The second kappa shape index (κ2) is 4.51. The van der Waals surface area contributed by atoms with Crippen LogP contribution in [0.3, 0.4) is 0 Å². The summed E-state index contributed by atoms with van der Waals surface area (Å²) in [5.74, 6) is 0. The Morgan fingerprint density at radius 3 is 2.67 bits per heavy atom. The molecule has 0 amide bonds. The van der Waals surface area contributed by atoms with E-state index in [1.807, 2.05) is 24.3 Å². The van der Waals surface area contributed by atoms with Gasteiger partial charge in [0.25, 0.3) is 0 Å². The molecule has 0 spiro atoms. The van der Waals surface area contributed by atoms with Gasteiger partial charge in [-0.3, -0.25) is 0 Å². The molecule has 0 aliphatic rings. The van der Waals surface area contributed by atoms with E-state index in [-0.39, 0.29) is 0 Å². The predicted molar refractivity (Wildman–Crippen MR) is 62.3 cm³/mol. The Balaban J connectivity index is 1.96. The van der Waals surface area contributed by atoms with E-state index < -0.39 is 0 Å². The van der Waals surface area contributed by atoms with Gasteiger partial charge in [0.1, 0.15) is 6.61 Å². The van der Waals surface area contributed by atoms with Crippen LogP contribution in [0.25, 0.3) is 0 Å². The summed E-state index contributed by atoms with van der Waals surface area (Å²) in [6.45, 7) is 0.499. The molecule has 0 aliphatic heterocycles. The van der Waals surface area contributed by atoms with E-state index >= 15 is 0 Å². The van der Waals surface area contributed by atoms with Crippen LogP contribution in [0, 0.1) is 0 Å². The fourth-order valence-corrected chi connectivity index (χ4v) is 1.73. The van der Waals surface area contributed by atoms with Gasteiger partial charge in [-0.25, -0.2) is 4.98 Å². The highest BCUT2D eigenvalue weighted by molar-refractivity contribution is 7.17. The molecule has 0 atom stereocenters. The van der Waals surface area contributed by atoms with Gasteiger partial charge in [-0.2, -0.15) is 0 Å². The molecule has 1 heterocycles. The van der Waals surface area contributed by atoms with Crippen LogP contribution in [-0.4, -0.2) is 4.98 Å². The maximum atomic E-state index is 5.77. The molecular formula is C10H9ClN2OS. The Morgan fingerprint density at radius 1 is 1.33 bits per heavy atom. The molecule has 5 heteroatoms. The number of rotatable bonds is 3. The summed E-state index contributed by atoms with van der Waals surface area (Å²) in [4.78, 5) is 3.89. The standard InChI is InChI=1S/C10H9ClN2OS/c11-8-3-1-7(2-4-8)6-14-9-5-13-10(12)15-9/h1-5H,6H2,(H2,12,13). The van der Waals surface area contributed by atoms with E-state index in [1.165, 1.54) is 11.3 Å². The molecule has 1 aromatic heterocycles. The number of anilines is 1. The highest BCUT2D eigenvalue weighted by atomic mass is 35.5. The average molecular weight is 241 g/mol. The average Bonchev–Trinajstić information content (AvgIpc) is 2.64. The van der Waals surface area contributed by atoms with Crippen molar-refractivity contribution in [2.75, 3.05) is 5.73 Å². The van der Waals surface area contributed by atoms with Gasteiger partial charge in [0.15, 0.2) is 10.2 Å². The van der Waals surface area contributed by atoms with E-state index in [1.54, 1.807) is 6.20 Å². The summed E-state index contributed by atoms with van der Waals surface area (Å²) in [7, 11) is 0. The number of nitrogens with two attached hydrogens (primary N) is 1. The van der Waals surface area contributed by atoms with Crippen LogP contribution in [0.2, 0.25) is 5.02 Å². The molecule has 78 valence electrons. The van der Waals surface area contributed by atoms with Gasteiger partial charge in [0.2, 0.25) is 0 Å². The van der Waals surface area contributed by atoms with Gasteiger partial charge < -0.3 is 10.5 Å². The number of benzene rings is 1. The van der Waals surface area contributed by atoms with Crippen LogP contribution in [0.4, 0.5) is 5.13 Å². The highest BCUT2D eigenvalue weighted by Crippen LogP contribution is 2.23. The molecule has 0 bridgehead atoms. The zero-order chi connectivity index (χ0) is 10.7. The fraction of sp³-hybridized carbons (Fsp3) is 0.100. The van der Waals surface area contributed by atoms with Gasteiger partial charge in [-0.05, 0) is 17.7 Å². The van der Waals surface area contributed by atoms with Crippen LogP contribution < -0.4 is 10.5 Å². The van der Waals surface area contributed by atoms with Gasteiger partial charge in [-0.1, -0.05) is 35.1 Å². The number of nitrogen functional groups attached to an aromatic ring is 1. The van der Waals surface area contributed by atoms with Crippen LogP contribution in [0.15, 0.2) is 30.5 Å². The minimum Gasteiger partial charge on any atom is -0.478 e. The Morgan fingerprint density at radius 2 is 2.07 bits per heavy atom. The van der Waals surface area contributed by atoms with Crippen LogP contribution in [-0.2, 0) is 6.61 Å². The van der Waals surface area contributed by atoms with Gasteiger partial charge in [0.05, 0.1) is 6.20 Å². The maximum absolute atomic E-state index is 5.77. The van der Waals surface area contributed by atoms with E-state index in [9.17, 15) is 0 Å². The van der Waals surface area contributed by atoms with Gasteiger partial charge in [0, 0.05) is 5.02 Å². The third-order valence-corrected chi connectivity index (χ3v) is 2.79. The van der Waals surface area contributed by atoms with Crippen molar-refractivity contribution in [1.29, 1.82) is 0 Å². The van der Waals surface area contributed by atoms with Crippen molar-refractivity contribution < 1.29 is 4.74 Å². The zero-order valence-electron chi connectivity index (χ0n) is 7.81. The number of thiazole rings is 1. The van der Waals surface area contributed by atoms with Crippen molar-refractivity contribution in [3.63, 3.8) is 0 Å². The largest absolute Gasteiger partial charge is 0.478 e. The lowest BCUT2D eigenvalue weighted by Crippen LogP contribution is -1.92. The summed E-state index contributed by atoms with van der Waals surface area (Å²) in [6.07, 6.45) is 1.62. The quantitative estimate of drug-likeness (QED) is 0.897. The number of nitrogens with zero attached hydrogens (tertiary/aromatic N) is 1. The molecule has 0 aliphatic carbocycles. The smallest absolute Gasteiger partial charge is 0.196 e. The normalized spacial score (nSPS) is 10.2. The Hall–Kier alpha value is -1.26. The molecule has 2 rings (SSSR count). The monoisotopic (exact) mass is 240 g/mol. The van der Waals surface area contributed by atoms with Crippen molar-refractivity contribution >= 4 is 28.1 Å². The maximum Gasteiger partial charge on any atom is 0.196 e. The molecule has 15 heavy (non-hydrogen) atoms. The van der Waals surface area contributed by atoms with Crippen LogP contribution in [0.5, 0.6) is 5.06 Å². The second-order valence-corrected chi connectivity index (χ2v) is 4.39. The predicted octanol–water partition coefficient (Wildman–Crippen LogP) is 2.96. The molecule has 0 saturated heterocycles. The van der Waals surface area contributed by atoms with Gasteiger partial charge in [-0.15, -0.1) is 0 Å². The highest BCUT2D eigenvalue weighted by Gasteiger charge is 1.99. The molecule has 0 fully saturated rings. The number of halogens is 1. The van der Waals surface area contributed by atoms with E-state index in [0.29, 0.717) is 11.7 Å². The summed E-state index contributed by atoms with van der Waals surface area (Å²) in [6, 6.07) is 7.52. The lowest BCUT2D eigenvalue weighted by molar-refractivity contribution is 0.315. The molecule has 1 aromatic carbocycles. The molecule has 0 radical (unpaired) electrons. The first kappa shape index (κ1) is 10.3. The van der Waals surface area contributed by atoms with Crippen LogP contribution >= 0.6 is 22.9 Å². The number of hydrogen-bond donors (Lipinski definition) is 1. The molecule has 3 nitrogen and oxygen atoms in total. The molecule has 0 saturated carbocycles. The molecular weight excluding hydrogens is 232 g/mol. The van der Waals surface area contributed by atoms with Crippen molar-refractivity contribution in [2.24, 2.45) is 0 Å². The van der Waals surface area contributed by atoms with E-state index in [2.05, 4.69) is 4.98 Å². The summed E-state index contributed by atoms with van der Waals surface area (Å²) < 4.78 is 5.49. The molecule has 0 unspecified atom stereocenters. The fourth-order valence-electron chi connectivity index (χ4n) is 1.07. The Bertz CT molecular complexity index is 441.